The monoisotopic (exact) mass is 491 g/mol. The number of imide groups is 2. The van der Waals surface area contributed by atoms with Crippen molar-refractivity contribution >= 4 is 46.9 Å². The molecule has 1 heterocycles. The molecule has 1 fully saturated rings. The highest BCUT2D eigenvalue weighted by Crippen LogP contribution is 2.29. The van der Waals surface area contributed by atoms with Crippen LogP contribution in [0.1, 0.15) is 16.7 Å². The molecule has 0 spiro atoms. The molecule has 1 aliphatic rings. The lowest BCUT2D eigenvalue weighted by atomic mass is 10.0. The van der Waals surface area contributed by atoms with E-state index in [2.05, 4.69) is 5.32 Å². The summed E-state index contributed by atoms with van der Waals surface area (Å²) < 4.78 is 5.83. The molecular formula is C25H18ClN3O6. The molecule has 3 aromatic carbocycles. The molecule has 1 saturated heterocycles. The van der Waals surface area contributed by atoms with Crippen LogP contribution in [0.4, 0.5) is 16.2 Å². The van der Waals surface area contributed by atoms with Crippen molar-refractivity contribution in [2.24, 2.45) is 0 Å². The van der Waals surface area contributed by atoms with Crippen LogP contribution in [0.2, 0.25) is 5.02 Å². The number of ether oxygens (including phenoxy) is 1. The van der Waals surface area contributed by atoms with Gasteiger partial charge in [0.25, 0.3) is 17.5 Å². The number of barbiturate groups is 1. The van der Waals surface area contributed by atoms with Crippen LogP contribution in [0.15, 0.2) is 72.3 Å². The number of carbonyl (C=O) groups excluding carboxylic acids is 3. The zero-order valence-electron chi connectivity index (χ0n) is 18.4. The van der Waals surface area contributed by atoms with Gasteiger partial charge >= 0.3 is 6.03 Å². The Morgan fingerprint density at radius 3 is 2.60 bits per heavy atom. The largest absolute Gasteiger partial charge is 0.488 e. The van der Waals surface area contributed by atoms with E-state index < -0.39 is 22.8 Å². The standard InChI is InChI=1S/C25H18ClN3O6/c1-15-9-10-18(26)13-21(15)28-24(31)20(23(30)27-25(28)32)12-17-6-2-3-8-22(17)35-14-16-5-4-7-19(11-16)29(33)34/h2-13H,14H2,1H3,(H,27,30,32)/b20-12+. The normalized spacial score (nSPS) is 14.7. The second kappa shape index (κ2) is 9.78. The number of aryl methyl sites for hydroxylation is 1. The third-order valence-corrected chi connectivity index (χ3v) is 5.48. The molecule has 4 rings (SSSR count). The molecule has 0 bridgehead atoms. The van der Waals surface area contributed by atoms with Gasteiger partial charge in [0, 0.05) is 22.7 Å². The summed E-state index contributed by atoms with van der Waals surface area (Å²) in [5.41, 5.74) is 1.53. The number of nitro benzene ring substituents is 1. The SMILES string of the molecule is Cc1ccc(Cl)cc1N1C(=O)NC(=O)/C(=C\c2ccccc2OCc2cccc([N+](=O)[O-])c2)C1=O. The lowest BCUT2D eigenvalue weighted by Crippen LogP contribution is -2.54. The Labute approximate surface area is 204 Å². The molecule has 1 aliphatic heterocycles. The lowest BCUT2D eigenvalue weighted by molar-refractivity contribution is -0.384. The third-order valence-electron chi connectivity index (χ3n) is 5.25. The van der Waals surface area contributed by atoms with Crippen molar-refractivity contribution in [3.63, 3.8) is 0 Å². The first kappa shape index (κ1) is 23.7. The predicted molar refractivity (Wildman–Crippen MR) is 129 cm³/mol. The average molecular weight is 492 g/mol. The van der Waals surface area contributed by atoms with Gasteiger partial charge in [0.2, 0.25) is 0 Å². The summed E-state index contributed by atoms with van der Waals surface area (Å²) in [4.78, 5) is 49.7. The van der Waals surface area contributed by atoms with E-state index in [9.17, 15) is 24.5 Å². The zero-order chi connectivity index (χ0) is 25.1. The van der Waals surface area contributed by atoms with E-state index in [4.69, 9.17) is 16.3 Å². The molecule has 0 aromatic heterocycles. The van der Waals surface area contributed by atoms with Crippen LogP contribution in [0.5, 0.6) is 5.75 Å². The first-order valence-corrected chi connectivity index (χ1v) is 10.7. The molecule has 0 saturated carbocycles. The molecular weight excluding hydrogens is 474 g/mol. The van der Waals surface area contributed by atoms with Gasteiger partial charge in [-0.1, -0.05) is 48.0 Å². The summed E-state index contributed by atoms with van der Waals surface area (Å²) in [6.07, 6.45) is 1.33. The Morgan fingerprint density at radius 2 is 1.83 bits per heavy atom. The molecule has 3 aromatic rings. The highest BCUT2D eigenvalue weighted by Gasteiger charge is 2.37. The van der Waals surface area contributed by atoms with Crippen molar-refractivity contribution in [1.82, 2.24) is 5.32 Å². The molecule has 0 aliphatic carbocycles. The second-order valence-corrected chi connectivity index (χ2v) is 8.08. The van der Waals surface area contributed by atoms with E-state index in [0.29, 0.717) is 27.5 Å². The molecule has 176 valence electrons. The third kappa shape index (κ3) is 5.04. The quantitative estimate of drug-likeness (QED) is 0.229. The van der Waals surface area contributed by atoms with Crippen molar-refractivity contribution in [3.05, 3.63) is 104 Å². The highest BCUT2D eigenvalue weighted by molar-refractivity contribution is 6.39. The Morgan fingerprint density at radius 1 is 1.06 bits per heavy atom. The number of benzene rings is 3. The Balaban J connectivity index is 1.65. The summed E-state index contributed by atoms with van der Waals surface area (Å²) in [5.74, 6) is -1.31. The lowest BCUT2D eigenvalue weighted by Gasteiger charge is -2.27. The van der Waals surface area contributed by atoms with Crippen LogP contribution in [0, 0.1) is 17.0 Å². The maximum atomic E-state index is 13.2. The van der Waals surface area contributed by atoms with Crippen molar-refractivity contribution in [1.29, 1.82) is 0 Å². The average Bonchev–Trinajstić information content (AvgIpc) is 2.83. The van der Waals surface area contributed by atoms with Gasteiger partial charge in [0.15, 0.2) is 0 Å². The molecule has 35 heavy (non-hydrogen) atoms. The molecule has 10 heteroatoms. The van der Waals surface area contributed by atoms with Gasteiger partial charge < -0.3 is 4.74 Å². The second-order valence-electron chi connectivity index (χ2n) is 7.64. The summed E-state index contributed by atoms with van der Waals surface area (Å²) in [7, 11) is 0. The van der Waals surface area contributed by atoms with E-state index in [0.717, 1.165) is 4.90 Å². The van der Waals surface area contributed by atoms with Crippen LogP contribution < -0.4 is 15.0 Å². The van der Waals surface area contributed by atoms with Crippen LogP contribution in [0.25, 0.3) is 6.08 Å². The molecule has 1 N–H and O–H groups in total. The fourth-order valence-electron chi connectivity index (χ4n) is 3.51. The Bertz CT molecular complexity index is 1400. The Hall–Kier alpha value is -4.50. The number of hydrogen-bond donors (Lipinski definition) is 1. The molecule has 0 radical (unpaired) electrons. The smallest absolute Gasteiger partial charge is 0.335 e. The topological polar surface area (TPSA) is 119 Å². The minimum atomic E-state index is -0.877. The van der Waals surface area contributed by atoms with Crippen LogP contribution in [-0.4, -0.2) is 22.8 Å². The fourth-order valence-corrected chi connectivity index (χ4v) is 3.67. The summed E-state index contributed by atoms with van der Waals surface area (Å²) >= 11 is 6.05. The number of hydrogen-bond acceptors (Lipinski definition) is 6. The van der Waals surface area contributed by atoms with E-state index in [1.807, 2.05) is 0 Å². The highest BCUT2D eigenvalue weighted by atomic mass is 35.5. The molecule has 0 unspecified atom stereocenters. The maximum Gasteiger partial charge on any atom is 0.335 e. The number of nitro groups is 1. The fraction of sp³-hybridized carbons (Fsp3) is 0.0800. The van der Waals surface area contributed by atoms with Crippen LogP contribution in [-0.2, 0) is 16.2 Å². The molecule has 9 nitrogen and oxygen atoms in total. The first-order chi connectivity index (χ1) is 16.7. The van der Waals surface area contributed by atoms with Crippen molar-refractivity contribution in [2.45, 2.75) is 13.5 Å². The first-order valence-electron chi connectivity index (χ1n) is 10.4. The summed E-state index contributed by atoms with van der Waals surface area (Å²) in [5, 5.41) is 13.5. The van der Waals surface area contributed by atoms with Crippen LogP contribution in [0.3, 0.4) is 0 Å². The number of para-hydroxylation sites is 1. The number of anilines is 1. The van der Waals surface area contributed by atoms with E-state index in [-0.39, 0.29) is 23.6 Å². The van der Waals surface area contributed by atoms with E-state index in [1.54, 1.807) is 55.5 Å². The van der Waals surface area contributed by atoms with Gasteiger partial charge in [0.05, 0.1) is 10.6 Å². The van der Waals surface area contributed by atoms with Crippen LogP contribution >= 0.6 is 11.6 Å². The number of rotatable bonds is 6. The zero-order valence-corrected chi connectivity index (χ0v) is 19.1. The van der Waals surface area contributed by atoms with Gasteiger partial charge in [-0.3, -0.25) is 25.0 Å². The van der Waals surface area contributed by atoms with Gasteiger partial charge in [-0.05, 0) is 42.3 Å². The molecule has 4 amide bonds. The van der Waals surface area contributed by atoms with E-state index >= 15 is 0 Å². The number of carbonyl (C=O) groups is 3. The number of urea groups is 1. The summed E-state index contributed by atoms with van der Waals surface area (Å²) in [6, 6.07) is 16.6. The van der Waals surface area contributed by atoms with Gasteiger partial charge in [0.1, 0.15) is 17.9 Å². The maximum absolute atomic E-state index is 13.2. The van der Waals surface area contributed by atoms with Crippen molar-refractivity contribution < 1.29 is 24.0 Å². The summed E-state index contributed by atoms with van der Waals surface area (Å²) in [6.45, 7) is 1.73. The molecule has 0 atom stereocenters. The number of amides is 4. The van der Waals surface area contributed by atoms with Gasteiger partial charge in [-0.2, -0.15) is 0 Å². The minimum Gasteiger partial charge on any atom is -0.488 e. The van der Waals surface area contributed by atoms with Gasteiger partial charge in [-0.15, -0.1) is 0 Å². The number of nitrogens with one attached hydrogen (secondary N) is 1. The van der Waals surface area contributed by atoms with E-state index in [1.165, 1.54) is 24.3 Å². The predicted octanol–water partition coefficient (Wildman–Crippen LogP) is 4.80. The minimum absolute atomic E-state index is 0.0222. The Kier molecular flexibility index (Phi) is 6.61. The number of nitrogens with zero attached hydrogens (tertiary/aromatic N) is 2. The number of halogens is 1. The van der Waals surface area contributed by atoms with Gasteiger partial charge in [-0.25, -0.2) is 9.69 Å². The van der Waals surface area contributed by atoms with Crippen molar-refractivity contribution in [2.75, 3.05) is 4.90 Å². The van der Waals surface area contributed by atoms with Crippen molar-refractivity contribution in [3.8, 4) is 5.75 Å². The number of non-ortho nitro benzene ring substituents is 1.